The Morgan fingerprint density at radius 1 is 0.296 bits per heavy atom. The summed E-state index contributed by atoms with van der Waals surface area (Å²) in [4.78, 5) is 38.6. The largest absolute Gasteiger partial charge is 0.822 e. The molecular weight excluding hydrogens is 900 g/mol. The van der Waals surface area contributed by atoms with Gasteiger partial charge in [0.2, 0.25) is 17.5 Å². The number of hydrogen-bond donors (Lipinski definition) is 3. The maximum absolute atomic E-state index is 8.55. The third kappa shape index (κ3) is 60.7. The first-order chi connectivity index (χ1) is 34.8. The van der Waals surface area contributed by atoms with Crippen LogP contribution in [0.15, 0.2) is 52.2 Å². The van der Waals surface area contributed by atoms with Crippen LogP contribution in [-0.2, 0) is 4.57 Å². The minimum absolute atomic E-state index is 1.17. The summed E-state index contributed by atoms with van der Waals surface area (Å²) < 4.78 is 8.55. The van der Waals surface area contributed by atoms with Gasteiger partial charge >= 0.3 is 0 Å². The number of hydrogen-bond acceptors (Lipinski definition) is 7. The molecule has 0 unspecified atom stereocenters. The standard InChI is InChI=1S/3C20H38N2.H3O4P/c3*1-2-3-4-5-6-7-8-9-10-11-12-13-14-15-16-17-20-21-18-19-22-20;1-5(2,3)4/h3*18-19H,2-17H2,1H3,(H,21,22);(H3,1,2,3,4). The molecule has 6 N–H and O–H groups in total. The van der Waals surface area contributed by atoms with Crippen LogP contribution < -0.4 is 30.6 Å². The molecule has 0 bridgehead atoms. The highest BCUT2D eigenvalue weighted by Gasteiger charge is 2.07. The van der Waals surface area contributed by atoms with E-state index < -0.39 is 7.82 Å². The molecule has 0 atom stereocenters. The number of phosphoric acid groups is 1. The lowest BCUT2D eigenvalue weighted by Gasteiger charge is -2.36. The normalized spacial score (nSPS) is 13.6. The van der Waals surface area contributed by atoms with Gasteiger partial charge in [-0.15, -0.1) is 0 Å². The SMILES string of the molecule is CCCCCCCCCCCCCCCCCC1=NC=C[NH2+]1.CCCCCCCCCCCCCCCCCC1=NC=C[NH2+]1.CCCCCCCCCCCCCCCCCC1=NC=C[NH2+]1.O=P([O-])([O-])[O-]. The maximum Gasteiger partial charge on any atom is 0.204 e. The molecule has 0 spiro atoms. The van der Waals surface area contributed by atoms with Crippen molar-refractivity contribution < 1.29 is 35.2 Å². The lowest BCUT2D eigenvalue weighted by Crippen LogP contribution is -2.80. The van der Waals surface area contributed by atoms with E-state index in [1.54, 1.807) is 0 Å². The molecule has 11 heteroatoms. The predicted molar refractivity (Wildman–Crippen MR) is 302 cm³/mol. The van der Waals surface area contributed by atoms with Gasteiger partial charge < -0.3 is 19.2 Å². The second-order valence-electron chi connectivity index (χ2n) is 20.9. The number of aliphatic imine (C=N–C) groups is 3. The van der Waals surface area contributed by atoms with Gasteiger partial charge in [0.25, 0.3) is 0 Å². The van der Waals surface area contributed by atoms with Crippen LogP contribution in [0.4, 0.5) is 0 Å². The number of amidine groups is 3. The molecule has 0 aromatic heterocycles. The Morgan fingerprint density at radius 2 is 0.437 bits per heavy atom. The summed E-state index contributed by atoms with van der Waals surface area (Å²) in [5, 5.41) is 6.43. The van der Waals surface area contributed by atoms with E-state index in [0.717, 1.165) is 0 Å². The van der Waals surface area contributed by atoms with E-state index in [0.29, 0.717) is 0 Å². The van der Waals surface area contributed by atoms with Crippen molar-refractivity contribution >= 4 is 25.3 Å². The third-order valence-electron chi connectivity index (χ3n) is 14.0. The Balaban J connectivity index is 0.000000985. The second kappa shape index (κ2) is 57.5. The zero-order valence-electron chi connectivity index (χ0n) is 47.1. The minimum Gasteiger partial charge on any atom is -0.822 e. The molecule has 0 radical (unpaired) electrons. The highest BCUT2D eigenvalue weighted by Crippen LogP contribution is 2.17. The molecule has 0 amide bonds. The summed E-state index contributed by atoms with van der Waals surface area (Å²) in [5.74, 6) is 3.82. The molecule has 0 aromatic rings. The number of rotatable bonds is 48. The average Bonchev–Trinajstić information content (AvgIpc) is 4.19. The number of quaternary nitrogens is 3. The van der Waals surface area contributed by atoms with Gasteiger partial charge in [-0.2, -0.15) is 7.82 Å². The molecule has 0 aromatic carbocycles. The van der Waals surface area contributed by atoms with Gasteiger partial charge in [0.05, 0.1) is 18.6 Å². The van der Waals surface area contributed by atoms with E-state index in [1.807, 2.05) is 37.2 Å². The summed E-state index contributed by atoms with van der Waals surface area (Å²) >= 11 is 0. The van der Waals surface area contributed by atoms with Crippen LogP contribution in [0, 0.1) is 0 Å². The smallest absolute Gasteiger partial charge is 0.204 e. The van der Waals surface area contributed by atoms with Gasteiger partial charge in [0.15, 0.2) is 0 Å². The Bertz CT molecular complexity index is 1190. The summed E-state index contributed by atoms with van der Waals surface area (Å²) in [6.45, 7) is 6.88. The van der Waals surface area contributed by atoms with Gasteiger partial charge in [-0.05, 0) is 19.3 Å². The fourth-order valence-corrected chi connectivity index (χ4v) is 9.48. The van der Waals surface area contributed by atoms with Gasteiger partial charge in [0, 0.05) is 19.3 Å². The van der Waals surface area contributed by atoms with E-state index >= 15 is 0 Å². The fourth-order valence-electron chi connectivity index (χ4n) is 9.48. The van der Waals surface area contributed by atoms with Crippen LogP contribution in [0.25, 0.3) is 0 Å². The van der Waals surface area contributed by atoms with Crippen molar-refractivity contribution in [2.45, 2.75) is 329 Å². The Hall–Kier alpha value is -1.78. The third-order valence-corrected chi connectivity index (χ3v) is 14.0. The monoisotopic (exact) mass is 1020 g/mol. The predicted octanol–water partition coefficient (Wildman–Crippen LogP) is 14.3. The van der Waals surface area contributed by atoms with E-state index in [1.165, 1.54) is 326 Å². The van der Waals surface area contributed by atoms with Gasteiger partial charge in [-0.3, -0.25) is 16.0 Å². The van der Waals surface area contributed by atoms with Crippen molar-refractivity contribution in [3.8, 4) is 0 Å². The molecule has 3 rings (SSSR count). The molecule has 3 aliphatic rings. The van der Waals surface area contributed by atoms with Crippen LogP contribution in [-0.4, -0.2) is 17.5 Å². The maximum atomic E-state index is 8.55. The summed E-state index contributed by atoms with van der Waals surface area (Å²) in [6, 6.07) is 0. The van der Waals surface area contributed by atoms with Crippen molar-refractivity contribution in [2.75, 3.05) is 0 Å². The van der Waals surface area contributed by atoms with Gasteiger partial charge in [0.1, 0.15) is 18.6 Å². The van der Waals surface area contributed by atoms with Crippen LogP contribution in [0.2, 0.25) is 0 Å². The quantitative estimate of drug-likeness (QED) is 0.0407. The Morgan fingerprint density at radius 3 is 0.563 bits per heavy atom. The molecule has 0 saturated heterocycles. The van der Waals surface area contributed by atoms with Crippen LogP contribution >= 0.6 is 7.82 Å². The molecule has 0 aliphatic carbocycles. The Kier molecular flexibility index (Phi) is 56.1. The molecular formula is C60H117N6O4P. The minimum atomic E-state index is -5.39. The fraction of sp³-hybridized carbons (Fsp3) is 0.850. The molecule has 416 valence electrons. The molecule has 3 aliphatic heterocycles. The van der Waals surface area contributed by atoms with Crippen LogP contribution in [0.3, 0.4) is 0 Å². The first-order valence-electron chi connectivity index (χ1n) is 30.7. The van der Waals surface area contributed by atoms with Crippen molar-refractivity contribution in [1.82, 2.24) is 0 Å². The second-order valence-corrected chi connectivity index (χ2v) is 21.8. The van der Waals surface area contributed by atoms with E-state index in [2.05, 4.69) is 51.7 Å². The highest BCUT2D eigenvalue weighted by atomic mass is 31.2. The molecule has 3 heterocycles. The van der Waals surface area contributed by atoms with Gasteiger partial charge in [-0.25, -0.2) is 15.0 Å². The first kappa shape index (κ1) is 69.2. The Labute approximate surface area is 439 Å². The zero-order chi connectivity index (χ0) is 51.7. The molecule has 0 fully saturated rings. The molecule has 71 heavy (non-hydrogen) atoms. The first-order valence-corrected chi connectivity index (χ1v) is 32.2. The number of unbranched alkanes of at least 4 members (excludes halogenated alkanes) is 42. The zero-order valence-corrected chi connectivity index (χ0v) is 48.0. The van der Waals surface area contributed by atoms with E-state index in [9.17, 15) is 0 Å². The summed E-state index contributed by atoms with van der Waals surface area (Å²) in [5.41, 5.74) is 0. The van der Waals surface area contributed by atoms with Crippen molar-refractivity contribution in [2.24, 2.45) is 15.0 Å². The molecule has 10 nitrogen and oxygen atoms in total. The van der Waals surface area contributed by atoms with Crippen molar-refractivity contribution in [3.63, 3.8) is 0 Å². The highest BCUT2D eigenvalue weighted by molar-refractivity contribution is 7.40. The van der Waals surface area contributed by atoms with Crippen molar-refractivity contribution in [3.05, 3.63) is 37.2 Å². The topological polar surface area (TPSA) is 173 Å². The van der Waals surface area contributed by atoms with Crippen LogP contribution in [0.1, 0.15) is 329 Å². The van der Waals surface area contributed by atoms with Crippen molar-refractivity contribution in [1.29, 1.82) is 0 Å². The number of nitrogens with zero attached hydrogens (tertiary/aromatic N) is 3. The molecule has 0 saturated carbocycles. The average molecular weight is 1020 g/mol. The van der Waals surface area contributed by atoms with E-state index in [-0.39, 0.29) is 0 Å². The number of nitrogens with two attached hydrogens (primary N) is 3. The van der Waals surface area contributed by atoms with Gasteiger partial charge in [-0.1, -0.05) is 290 Å². The summed E-state index contributed by atoms with van der Waals surface area (Å²) in [7, 11) is -5.39. The summed E-state index contributed by atoms with van der Waals surface area (Å²) in [6.07, 6.45) is 79.9. The van der Waals surface area contributed by atoms with Crippen LogP contribution in [0.5, 0.6) is 0 Å². The lowest BCUT2D eigenvalue weighted by atomic mass is 10.0. The lowest BCUT2D eigenvalue weighted by molar-refractivity contribution is -0.460. The van der Waals surface area contributed by atoms with E-state index in [4.69, 9.17) is 19.2 Å².